The Hall–Kier alpha value is -0.880. The molecule has 0 radical (unpaired) electrons. The zero-order valence-corrected chi connectivity index (χ0v) is 10.7. The van der Waals surface area contributed by atoms with Crippen LogP contribution >= 0.6 is 0 Å². The standard InChI is InChI=1S/C11H18N2O3S/c1-13-10(4-6-12-13)2-3-11(14)9-5-7-17(15,16)8-9/h4,6,9,11,14H,2-3,5,7-8H2,1H3. The van der Waals surface area contributed by atoms with Crippen LogP contribution < -0.4 is 0 Å². The molecule has 1 aliphatic rings. The molecule has 0 aromatic carbocycles. The largest absolute Gasteiger partial charge is 0.393 e. The highest BCUT2D eigenvalue weighted by atomic mass is 32.2. The molecule has 0 aliphatic carbocycles. The summed E-state index contributed by atoms with van der Waals surface area (Å²) in [6.45, 7) is 0. The predicted molar refractivity (Wildman–Crippen MR) is 64.3 cm³/mol. The van der Waals surface area contributed by atoms with Crippen LogP contribution in [-0.2, 0) is 23.3 Å². The molecule has 2 rings (SSSR count). The number of hydrogen-bond donors (Lipinski definition) is 1. The SMILES string of the molecule is Cn1nccc1CCC(O)C1CCS(=O)(=O)C1. The Morgan fingerprint density at radius 1 is 1.65 bits per heavy atom. The molecular formula is C11H18N2O3S. The fourth-order valence-corrected chi connectivity index (χ4v) is 4.17. The van der Waals surface area contributed by atoms with Crippen LogP contribution in [0.15, 0.2) is 12.3 Å². The van der Waals surface area contributed by atoms with E-state index in [9.17, 15) is 13.5 Å². The van der Waals surface area contributed by atoms with Crippen LogP contribution in [0.1, 0.15) is 18.5 Å². The Morgan fingerprint density at radius 2 is 2.41 bits per heavy atom. The Morgan fingerprint density at radius 3 is 2.94 bits per heavy atom. The van der Waals surface area contributed by atoms with Gasteiger partial charge in [0, 0.05) is 18.9 Å². The van der Waals surface area contributed by atoms with E-state index in [1.807, 2.05) is 13.1 Å². The first-order valence-electron chi connectivity index (χ1n) is 5.83. The fraction of sp³-hybridized carbons (Fsp3) is 0.727. The maximum atomic E-state index is 11.3. The number of aromatic nitrogens is 2. The van der Waals surface area contributed by atoms with E-state index >= 15 is 0 Å². The minimum atomic E-state index is -2.90. The van der Waals surface area contributed by atoms with Gasteiger partial charge in [-0.15, -0.1) is 0 Å². The molecule has 0 saturated carbocycles. The highest BCUT2D eigenvalue weighted by Gasteiger charge is 2.32. The molecule has 5 nitrogen and oxygen atoms in total. The van der Waals surface area contributed by atoms with Crippen LogP contribution in [0, 0.1) is 5.92 Å². The molecule has 2 atom stereocenters. The molecule has 1 aromatic heterocycles. The maximum Gasteiger partial charge on any atom is 0.150 e. The van der Waals surface area contributed by atoms with E-state index in [-0.39, 0.29) is 17.4 Å². The first kappa shape index (κ1) is 12.6. The minimum Gasteiger partial charge on any atom is -0.393 e. The topological polar surface area (TPSA) is 72.2 Å². The summed E-state index contributed by atoms with van der Waals surface area (Å²) in [6, 6.07) is 1.91. The number of aliphatic hydroxyl groups is 1. The summed E-state index contributed by atoms with van der Waals surface area (Å²) in [5.74, 6) is 0.271. The summed E-state index contributed by atoms with van der Waals surface area (Å²) in [7, 11) is -1.04. The highest BCUT2D eigenvalue weighted by Crippen LogP contribution is 2.24. The molecule has 1 fully saturated rings. The first-order chi connectivity index (χ1) is 7.98. The van der Waals surface area contributed by atoms with Gasteiger partial charge in [-0.1, -0.05) is 0 Å². The molecular weight excluding hydrogens is 240 g/mol. The average molecular weight is 258 g/mol. The van der Waals surface area contributed by atoms with E-state index in [2.05, 4.69) is 5.10 Å². The smallest absolute Gasteiger partial charge is 0.150 e. The molecule has 6 heteroatoms. The summed E-state index contributed by atoms with van der Waals surface area (Å²) in [5.41, 5.74) is 1.06. The third kappa shape index (κ3) is 3.07. The van der Waals surface area contributed by atoms with Crippen molar-refractivity contribution in [1.29, 1.82) is 0 Å². The molecule has 1 aliphatic heterocycles. The Kier molecular flexibility index (Phi) is 3.53. The molecule has 0 bridgehead atoms. The van der Waals surface area contributed by atoms with Gasteiger partial charge in [0.25, 0.3) is 0 Å². The zero-order valence-electron chi connectivity index (χ0n) is 9.91. The van der Waals surface area contributed by atoms with Crippen molar-refractivity contribution in [3.05, 3.63) is 18.0 Å². The summed E-state index contributed by atoms with van der Waals surface area (Å²) >= 11 is 0. The van der Waals surface area contributed by atoms with Gasteiger partial charge in [-0.05, 0) is 31.2 Å². The van der Waals surface area contributed by atoms with Crippen LogP contribution in [-0.4, -0.2) is 40.9 Å². The monoisotopic (exact) mass is 258 g/mol. The molecule has 17 heavy (non-hydrogen) atoms. The normalized spacial score (nSPS) is 24.9. The first-order valence-corrected chi connectivity index (χ1v) is 7.65. The number of rotatable bonds is 4. The van der Waals surface area contributed by atoms with Crippen molar-refractivity contribution < 1.29 is 13.5 Å². The van der Waals surface area contributed by atoms with E-state index < -0.39 is 15.9 Å². The van der Waals surface area contributed by atoms with Gasteiger partial charge in [-0.2, -0.15) is 5.10 Å². The lowest BCUT2D eigenvalue weighted by Crippen LogP contribution is -2.22. The highest BCUT2D eigenvalue weighted by molar-refractivity contribution is 7.91. The van der Waals surface area contributed by atoms with Crippen molar-refractivity contribution in [2.75, 3.05) is 11.5 Å². The van der Waals surface area contributed by atoms with Crippen molar-refractivity contribution in [3.8, 4) is 0 Å². The lowest BCUT2D eigenvalue weighted by Gasteiger charge is -2.16. The van der Waals surface area contributed by atoms with Crippen molar-refractivity contribution in [2.24, 2.45) is 13.0 Å². The number of hydrogen-bond acceptors (Lipinski definition) is 4. The van der Waals surface area contributed by atoms with Gasteiger partial charge in [0.1, 0.15) is 0 Å². The van der Waals surface area contributed by atoms with Crippen LogP contribution in [0.5, 0.6) is 0 Å². The fourth-order valence-electron chi connectivity index (χ4n) is 2.31. The van der Waals surface area contributed by atoms with Gasteiger partial charge in [0.05, 0.1) is 17.6 Å². The van der Waals surface area contributed by atoms with Crippen molar-refractivity contribution in [3.63, 3.8) is 0 Å². The second-order valence-corrected chi connectivity index (χ2v) is 6.94. The summed E-state index contributed by atoms with van der Waals surface area (Å²) in [6.07, 6.45) is 3.12. The predicted octanol–water partition coefficient (Wildman–Crippen LogP) is 0.148. The number of aryl methyl sites for hydroxylation is 2. The Bertz CT molecular complexity index is 481. The molecule has 1 N–H and O–H groups in total. The average Bonchev–Trinajstić information content (AvgIpc) is 2.81. The lowest BCUT2D eigenvalue weighted by molar-refractivity contribution is 0.110. The van der Waals surface area contributed by atoms with Gasteiger partial charge >= 0.3 is 0 Å². The van der Waals surface area contributed by atoms with Gasteiger partial charge in [0.15, 0.2) is 9.84 Å². The summed E-state index contributed by atoms with van der Waals surface area (Å²) in [5, 5.41) is 14.0. The van der Waals surface area contributed by atoms with Crippen molar-refractivity contribution in [1.82, 2.24) is 9.78 Å². The zero-order chi connectivity index (χ0) is 12.5. The quantitative estimate of drug-likeness (QED) is 0.834. The number of nitrogens with zero attached hydrogens (tertiary/aromatic N) is 2. The van der Waals surface area contributed by atoms with Gasteiger partial charge < -0.3 is 5.11 Å². The molecule has 0 spiro atoms. The van der Waals surface area contributed by atoms with E-state index in [0.29, 0.717) is 12.8 Å². The second-order valence-electron chi connectivity index (χ2n) is 4.72. The number of aliphatic hydroxyl groups excluding tert-OH is 1. The van der Waals surface area contributed by atoms with Crippen LogP contribution in [0.3, 0.4) is 0 Å². The lowest BCUT2D eigenvalue weighted by atomic mass is 9.97. The van der Waals surface area contributed by atoms with Gasteiger partial charge in [-0.3, -0.25) is 4.68 Å². The van der Waals surface area contributed by atoms with E-state index in [0.717, 1.165) is 12.1 Å². The van der Waals surface area contributed by atoms with Gasteiger partial charge in [0.2, 0.25) is 0 Å². The van der Waals surface area contributed by atoms with E-state index in [1.54, 1.807) is 10.9 Å². The Balaban J connectivity index is 1.86. The van der Waals surface area contributed by atoms with Crippen LogP contribution in [0.4, 0.5) is 0 Å². The van der Waals surface area contributed by atoms with E-state index in [1.165, 1.54) is 0 Å². The second kappa shape index (κ2) is 4.78. The molecule has 1 saturated heterocycles. The molecule has 96 valence electrons. The summed E-state index contributed by atoms with van der Waals surface area (Å²) in [4.78, 5) is 0. The maximum absolute atomic E-state index is 11.3. The van der Waals surface area contributed by atoms with Gasteiger partial charge in [-0.25, -0.2) is 8.42 Å². The molecule has 2 heterocycles. The molecule has 2 unspecified atom stereocenters. The Labute approximate surface area is 101 Å². The van der Waals surface area contributed by atoms with E-state index in [4.69, 9.17) is 0 Å². The molecule has 1 aromatic rings. The van der Waals surface area contributed by atoms with Crippen molar-refractivity contribution >= 4 is 9.84 Å². The number of sulfone groups is 1. The van der Waals surface area contributed by atoms with Crippen molar-refractivity contribution in [2.45, 2.75) is 25.4 Å². The van der Waals surface area contributed by atoms with Crippen LogP contribution in [0.25, 0.3) is 0 Å². The minimum absolute atomic E-state index is 0.0896. The van der Waals surface area contributed by atoms with Crippen LogP contribution in [0.2, 0.25) is 0 Å². The summed E-state index contributed by atoms with van der Waals surface area (Å²) < 4.78 is 24.4. The molecule has 0 amide bonds. The third-order valence-electron chi connectivity index (χ3n) is 3.43. The third-order valence-corrected chi connectivity index (χ3v) is 5.22.